The number of aromatic hydroxyl groups is 1. The first-order valence-corrected chi connectivity index (χ1v) is 7.85. The molecular formula is C20H20N2O4. The van der Waals surface area contributed by atoms with Gasteiger partial charge in [-0.15, -0.1) is 0 Å². The Morgan fingerprint density at radius 3 is 2.15 bits per heavy atom. The molecule has 2 rings (SSSR count). The number of nitrogens with one attached hydrogen (secondary N) is 1. The van der Waals surface area contributed by atoms with Crippen LogP contribution in [0.2, 0.25) is 0 Å². The van der Waals surface area contributed by atoms with Gasteiger partial charge in [-0.2, -0.15) is 5.26 Å². The standard InChI is InChI=1S/C20H20N2O4/c1-12-6-5-7-13(2)18(12)22-20(24)15(11-21)8-14-9-16(25-3)19(23)17(10-14)26-4/h5-10,23H,1-4H3,(H,22,24)/b15-8+. The van der Waals surface area contributed by atoms with Crippen molar-refractivity contribution < 1.29 is 19.4 Å². The Bertz CT molecular complexity index is 865. The summed E-state index contributed by atoms with van der Waals surface area (Å²) >= 11 is 0. The van der Waals surface area contributed by atoms with Gasteiger partial charge in [-0.05, 0) is 48.7 Å². The van der Waals surface area contributed by atoms with E-state index in [0.29, 0.717) is 11.3 Å². The number of hydrogen-bond donors (Lipinski definition) is 2. The molecule has 0 atom stereocenters. The number of carbonyl (C=O) groups is 1. The Morgan fingerprint density at radius 2 is 1.69 bits per heavy atom. The van der Waals surface area contributed by atoms with Crippen molar-refractivity contribution in [1.82, 2.24) is 0 Å². The molecule has 0 heterocycles. The van der Waals surface area contributed by atoms with Crippen molar-refractivity contribution in [1.29, 1.82) is 5.26 Å². The zero-order valence-electron chi connectivity index (χ0n) is 15.1. The lowest BCUT2D eigenvalue weighted by atomic mass is 10.1. The van der Waals surface area contributed by atoms with Crippen molar-refractivity contribution >= 4 is 17.7 Å². The smallest absolute Gasteiger partial charge is 0.266 e. The summed E-state index contributed by atoms with van der Waals surface area (Å²) in [4.78, 5) is 12.5. The Kier molecular flexibility index (Phi) is 5.86. The third kappa shape index (κ3) is 3.95. The summed E-state index contributed by atoms with van der Waals surface area (Å²) in [6.45, 7) is 3.77. The maximum absolute atomic E-state index is 12.5. The summed E-state index contributed by atoms with van der Waals surface area (Å²) in [5, 5.41) is 22.1. The van der Waals surface area contributed by atoms with Gasteiger partial charge in [0.05, 0.1) is 14.2 Å². The maximum atomic E-state index is 12.5. The molecule has 0 spiro atoms. The van der Waals surface area contributed by atoms with E-state index in [2.05, 4.69) is 5.32 Å². The number of phenolic OH excluding ortho intramolecular Hbond substituents is 1. The van der Waals surface area contributed by atoms with Crippen molar-refractivity contribution in [3.8, 4) is 23.3 Å². The number of amides is 1. The van der Waals surface area contributed by atoms with E-state index >= 15 is 0 Å². The Balaban J connectivity index is 2.39. The van der Waals surface area contributed by atoms with Crippen LogP contribution in [0.1, 0.15) is 16.7 Å². The third-order valence-electron chi connectivity index (χ3n) is 3.90. The number of carbonyl (C=O) groups excluding carboxylic acids is 1. The summed E-state index contributed by atoms with van der Waals surface area (Å²) < 4.78 is 10.2. The first-order chi connectivity index (χ1) is 12.4. The van der Waals surface area contributed by atoms with E-state index in [9.17, 15) is 15.2 Å². The summed E-state index contributed by atoms with van der Waals surface area (Å²) in [6, 6.07) is 10.6. The van der Waals surface area contributed by atoms with Gasteiger partial charge in [-0.25, -0.2) is 0 Å². The van der Waals surface area contributed by atoms with Gasteiger partial charge in [-0.3, -0.25) is 4.79 Å². The number of rotatable bonds is 5. The summed E-state index contributed by atoms with van der Waals surface area (Å²) in [7, 11) is 2.81. The lowest BCUT2D eigenvalue weighted by Crippen LogP contribution is -2.15. The van der Waals surface area contributed by atoms with Gasteiger partial charge in [0.2, 0.25) is 5.75 Å². The monoisotopic (exact) mass is 352 g/mol. The van der Waals surface area contributed by atoms with Gasteiger partial charge < -0.3 is 19.9 Å². The molecule has 1 amide bonds. The highest BCUT2D eigenvalue weighted by Gasteiger charge is 2.15. The number of nitriles is 1. The molecule has 2 aromatic carbocycles. The first-order valence-electron chi connectivity index (χ1n) is 7.85. The van der Waals surface area contributed by atoms with Crippen molar-refractivity contribution in [2.45, 2.75) is 13.8 Å². The number of para-hydroxylation sites is 1. The van der Waals surface area contributed by atoms with Crippen molar-refractivity contribution in [2.75, 3.05) is 19.5 Å². The highest BCUT2D eigenvalue weighted by atomic mass is 16.5. The van der Waals surface area contributed by atoms with Crippen molar-refractivity contribution in [3.63, 3.8) is 0 Å². The lowest BCUT2D eigenvalue weighted by Gasteiger charge is -2.12. The number of nitrogens with zero attached hydrogens (tertiary/aromatic N) is 1. The molecule has 0 aliphatic heterocycles. The number of ether oxygens (including phenoxy) is 2. The van der Waals surface area contributed by atoms with Crippen LogP contribution < -0.4 is 14.8 Å². The predicted octanol–water partition coefficient (Wildman–Crippen LogP) is 3.57. The molecule has 0 aliphatic rings. The number of hydrogen-bond acceptors (Lipinski definition) is 5. The van der Waals surface area contributed by atoms with Crippen molar-refractivity contribution in [3.05, 3.63) is 52.6 Å². The minimum atomic E-state index is -0.518. The fraction of sp³-hybridized carbons (Fsp3) is 0.200. The second-order valence-electron chi connectivity index (χ2n) is 5.66. The van der Waals surface area contributed by atoms with Gasteiger partial charge in [0.25, 0.3) is 5.91 Å². The van der Waals surface area contributed by atoms with E-state index < -0.39 is 5.91 Å². The van der Waals surface area contributed by atoms with Crippen LogP contribution in [0.25, 0.3) is 6.08 Å². The quantitative estimate of drug-likeness (QED) is 0.634. The van der Waals surface area contributed by atoms with Gasteiger partial charge in [0.1, 0.15) is 11.6 Å². The van der Waals surface area contributed by atoms with Crippen LogP contribution in [0.15, 0.2) is 35.9 Å². The number of anilines is 1. The molecule has 0 fully saturated rings. The van der Waals surface area contributed by atoms with E-state index in [1.807, 2.05) is 38.1 Å². The van der Waals surface area contributed by atoms with Crippen LogP contribution in [-0.2, 0) is 4.79 Å². The molecule has 0 unspecified atom stereocenters. The van der Waals surface area contributed by atoms with Crippen LogP contribution in [0.5, 0.6) is 17.2 Å². The summed E-state index contributed by atoms with van der Waals surface area (Å²) in [5.41, 5.74) is 2.90. The number of phenols is 1. The normalized spacial score (nSPS) is 10.8. The minimum Gasteiger partial charge on any atom is -0.502 e. The van der Waals surface area contributed by atoms with Crippen LogP contribution in [0.3, 0.4) is 0 Å². The first kappa shape index (κ1) is 18.9. The molecule has 0 radical (unpaired) electrons. The minimum absolute atomic E-state index is 0.0811. The third-order valence-corrected chi connectivity index (χ3v) is 3.90. The molecular weight excluding hydrogens is 332 g/mol. The van der Waals surface area contributed by atoms with E-state index in [4.69, 9.17) is 9.47 Å². The van der Waals surface area contributed by atoms with E-state index in [1.165, 1.54) is 32.4 Å². The Hall–Kier alpha value is -3.46. The highest BCUT2D eigenvalue weighted by molar-refractivity contribution is 6.10. The molecule has 0 bridgehead atoms. The van der Waals surface area contributed by atoms with E-state index in [0.717, 1.165) is 11.1 Å². The highest BCUT2D eigenvalue weighted by Crippen LogP contribution is 2.37. The maximum Gasteiger partial charge on any atom is 0.266 e. The van der Waals surface area contributed by atoms with Crippen LogP contribution in [0.4, 0.5) is 5.69 Å². The zero-order chi connectivity index (χ0) is 19.3. The molecule has 0 aromatic heterocycles. The summed E-state index contributed by atoms with van der Waals surface area (Å²) in [6.07, 6.45) is 1.41. The lowest BCUT2D eigenvalue weighted by molar-refractivity contribution is -0.112. The largest absolute Gasteiger partial charge is 0.502 e. The van der Waals surface area contributed by atoms with Crippen LogP contribution in [-0.4, -0.2) is 25.2 Å². The molecule has 6 nitrogen and oxygen atoms in total. The molecule has 26 heavy (non-hydrogen) atoms. The van der Waals surface area contributed by atoms with Gasteiger partial charge in [-0.1, -0.05) is 18.2 Å². The van der Waals surface area contributed by atoms with Gasteiger partial charge in [0, 0.05) is 5.69 Å². The zero-order valence-corrected chi connectivity index (χ0v) is 15.1. The van der Waals surface area contributed by atoms with Crippen LogP contribution in [0, 0.1) is 25.2 Å². The Morgan fingerprint density at radius 1 is 1.15 bits per heavy atom. The molecule has 0 aliphatic carbocycles. The number of aryl methyl sites for hydroxylation is 2. The topological polar surface area (TPSA) is 91.6 Å². The van der Waals surface area contributed by atoms with Crippen LogP contribution >= 0.6 is 0 Å². The van der Waals surface area contributed by atoms with Crippen molar-refractivity contribution in [2.24, 2.45) is 0 Å². The molecule has 0 saturated heterocycles. The van der Waals surface area contributed by atoms with E-state index in [-0.39, 0.29) is 22.8 Å². The molecule has 0 saturated carbocycles. The fourth-order valence-electron chi connectivity index (χ4n) is 2.50. The molecule has 2 N–H and O–H groups in total. The van der Waals surface area contributed by atoms with Gasteiger partial charge in [0.15, 0.2) is 11.5 Å². The van der Waals surface area contributed by atoms with Gasteiger partial charge >= 0.3 is 0 Å². The Labute approximate surface area is 152 Å². The SMILES string of the molecule is COc1cc(/C=C(\C#N)C(=O)Nc2c(C)cccc2C)cc(OC)c1O. The fourth-order valence-corrected chi connectivity index (χ4v) is 2.50. The summed E-state index contributed by atoms with van der Waals surface area (Å²) in [5.74, 6) is -0.298. The average Bonchev–Trinajstić information content (AvgIpc) is 2.63. The number of benzene rings is 2. The predicted molar refractivity (Wildman–Crippen MR) is 99.3 cm³/mol. The second kappa shape index (κ2) is 8.08. The molecule has 134 valence electrons. The molecule has 6 heteroatoms. The molecule has 2 aromatic rings. The van der Waals surface area contributed by atoms with E-state index in [1.54, 1.807) is 0 Å². The average molecular weight is 352 g/mol. The number of methoxy groups -OCH3 is 2. The second-order valence-corrected chi connectivity index (χ2v) is 5.66.